The molecular formula is C24H21N3. The number of fused-ring (bicyclic) bond motifs is 3. The minimum atomic E-state index is -0.0408. The molecule has 0 bridgehead atoms. The first-order valence-corrected chi connectivity index (χ1v) is 9.55. The van der Waals surface area contributed by atoms with Crippen molar-refractivity contribution in [2.75, 3.05) is 9.91 Å². The summed E-state index contributed by atoms with van der Waals surface area (Å²) in [5.74, 6) is 1.07. The van der Waals surface area contributed by atoms with Crippen molar-refractivity contribution in [2.45, 2.75) is 32.4 Å². The van der Waals surface area contributed by atoms with Crippen molar-refractivity contribution < 1.29 is 0 Å². The van der Waals surface area contributed by atoms with Crippen LogP contribution >= 0.6 is 0 Å². The Labute approximate surface area is 159 Å². The number of hydrazone groups is 1. The van der Waals surface area contributed by atoms with E-state index in [1.165, 1.54) is 39.2 Å². The number of nitrogens with zero attached hydrogens (tertiary/aromatic N) is 3. The summed E-state index contributed by atoms with van der Waals surface area (Å²) in [5, 5.41) is 7.43. The van der Waals surface area contributed by atoms with E-state index in [1.54, 1.807) is 0 Å². The van der Waals surface area contributed by atoms with Gasteiger partial charge in [-0.2, -0.15) is 5.10 Å². The molecule has 0 N–H and O–H groups in total. The maximum atomic E-state index is 5.18. The van der Waals surface area contributed by atoms with Gasteiger partial charge in [0.15, 0.2) is 5.84 Å². The molecule has 3 heterocycles. The Balaban J connectivity index is 1.70. The second-order valence-electron chi connectivity index (χ2n) is 8.27. The fraction of sp³-hybridized carbons (Fsp3) is 0.208. The largest absolute Gasteiger partial charge is 0.300 e. The number of benzene rings is 3. The highest BCUT2D eigenvalue weighted by molar-refractivity contribution is 6.22. The predicted molar refractivity (Wildman–Crippen MR) is 111 cm³/mol. The van der Waals surface area contributed by atoms with Crippen LogP contribution in [0, 0.1) is 6.92 Å². The maximum Gasteiger partial charge on any atom is 0.163 e. The number of anilines is 2. The normalized spacial score (nSPS) is 20.4. The highest BCUT2D eigenvalue weighted by atomic mass is 15.6. The van der Waals surface area contributed by atoms with Crippen LogP contribution in [0.5, 0.6) is 0 Å². The lowest BCUT2D eigenvalue weighted by Gasteiger charge is -2.36. The Morgan fingerprint density at radius 1 is 0.815 bits per heavy atom. The second kappa shape index (κ2) is 4.80. The van der Waals surface area contributed by atoms with Gasteiger partial charge >= 0.3 is 0 Å². The Bertz CT molecular complexity index is 1140. The molecule has 0 spiro atoms. The van der Waals surface area contributed by atoms with Crippen molar-refractivity contribution in [1.82, 2.24) is 0 Å². The van der Waals surface area contributed by atoms with Crippen LogP contribution in [-0.4, -0.2) is 12.0 Å². The molecule has 0 radical (unpaired) electrons. The van der Waals surface area contributed by atoms with Crippen LogP contribution in [0.4, 0.5) is 11.4 Å². The molecule has 3 aromatic carbocycles. The van der Waals surface area contributed by atoms with E-state index < -0.39 is 0 Å². The number of rotatable bonds is 1. The fourth-order valence-electron chi connectivity index (χ4n) is 5.07. The monoisotopic (exact) mass is 351 g/mol. The molecule has 3 aromatic rings. The lowest BCUT2D eigenvalue weighted by molar-refractivity contribution is 0.437. The number of hydrogen-bond acceptors (Lipinski definition) is 3. The summed E-state index contributed by atoms with van der Waals surface area (Å²) in [6, 6.07) is 24.0. The summed E-state index contributed by atoms with van der Waals surface area (Å²) in [5.41, 5.74) is 8.97. The molecule has 3 heteroatoms. The average molecular weight is 351 g/mol. The molecule has 0 aromatic heterocycles. The van der Waals surface area contributed by atoms with E-state index in [-0.39, 0.29) is 11.6 Å². The third kappa shape index (κ3) is 1.70. The van der Waals surface area contributed by atoms with E-state index in [9.17, 15) is 0 Å². The standard InChI is InChI=1S/C24H21N3/c1-15-9-4-7-14-20(15)27-23-24(2,3)19-13-8-12-17-16-10-5-6-11-18(16)22(25-27)26(23)21(17)19/h4-14,23H,1-3H3. The van der Waals surface area contributed by atoms with E-state index in [0.29, 0.717) is 0 Å². The molecule has 0 aliphatic carbocycles. The summed E-state index contributed by atoms with van der Waals surface area (Å²) in [4.78, 5) is 2.47. The van der Waals surface area contributed by atoms with Crippen molar-refractivity contribution in [1.29, 1.82) is 0 Å². The first-order chi connectivity index (χ1) is 13.1. The number of amidine groups is 1. The molecule has 0 fully saturated rings. The zero-order valence-corrected chi connectivity index (χ0v) is 15.8. The molecule has 3 aliphatic heterocycles. The van der Waals surface area contributed by atoms with Gasteiger partial charge in [-0.05, 0) is 29.7 Å². The number of hydrogen-bond donors (Lipinski definition) is 0. The first-order valence-electron chi connectivity index (χ1n) is 9.55. The summed E-state index contributed by atoms with van der Waals surface area (Å²) < 4.78 is 0. The highest BCUT2D eigenvalue weighted by Crippen LogP contribution is 2.56. The molecule has 0 saturated carbocycles. The van der Waals surface area contributed by atoms with Gasteiger partial charge in [-0.3, -0.25) is 4.90 Å². The lowest BCUT2D eigenvalue weighted by atomic mass is 9.82. The Hall–Kier alpha value is -3.07. The summed E-state index contributed by atoms with van der Waals surface area (Å²) >= 11 is 0. The fourth-order valence-corrected chi connectivity index (χ4v) is 5.07. The molecule has 0 saturated heterocycles. The first kappa shape index (κ1) is 15.0. The Morgan fingerprint density at radius 2 is 1.52 bits per heavy atom. The van der Waals surface area contributed by atoms with E-state index in [1.807, 2.05) is 0 Å². The van der Waals surface area contributed by atoms with E-state index in [0.717, 1.165) is 5.84 Å². The summed E-state index contributed by atoms with van der Waals surface area (Å²) in [7, 11) is 0. The molecule has 3 nitrogen and oxygen atoms in total. The minimum Gasteiger partial charge on any atom is -0.300 e. The number of aryl methyl sites for hydroxylation is 1. The van der Waals surface area contributed by atoms with Gasteiger partial charge in [-0.1, -0.05) is 74.5 Å². The zero-order valence-electron chi connectivity index (χ0n) is 15.8. The van der Waals surface area contributed by atoms with Crippen molar-refractivity contribution in [3.8, 4) is 11.1 Å². The molecule has 6 rings (SSSR count). The van der Waals surface area contributed by atoms with Crippen LogP contribution in [0.25, 0.3) is 11.1 Å². The third-order valence-electron chi connectivity index (χ3n) is 6.34. The van der Waals surface area contributed by atoms with Gasteiger partial charge in [-0.25, -0.2) is 5.01 Å². The van der Waals surface area contributed by atoms with Crippen LogP contribution in [0.2, 0.25) is 0 Å². The van der Waals surface area contributed by atoms with Gasteiger partial charge in [0.05, 0.1) is 11.4 Å². The minimum absolute atomic E-state index is 0.0408. The molecule has 27 heavy (non-hydrogen) atoms. The van der Waals surface area contributed by atoms with E-state index in [2.05, 4.69) is 97.4 Å². The maximum absolute atomic E-state index is 5.18. The van der Waals surface area contributed by atoms with Crippen molar-refractivity contribution >= 4 is 17.2 Å². The molecule has 132 valence electrons. The average Bonchev–Trinajstić information content (AvgIpc) is 3.19. The van der Waals surface area contributed by atoms with Gasteiger partial charge in [0.25, 0.3) is 0 Å². The quantitative estimate of drug-likeness (QED) is 0.594. The van der Waals surface area contributed by atoms with Crippen LogP contribution < -0.4 is 9.91 Å². The summed E-state index contributed by atoms with van der Waals surface area (Å²) in [6.45, 7) is 6.86. The third-order valence-corrected chi connectivity index (χ3v) is 6.34. The lowest BCUT2D eigenvalue weighted by Crippen LogP contribution is -2.49. The molecule has 0 amide bonds. The van der Waals surface area contributed by atoms with Crippen molar-refractivity contribution in [3.05, 3.63) is 83.4 Å². The molecule has 1 unspecified atom stereocenters. The van der Waals surface area contributed by atoms with Gasteiger partial charge in [0.1, 0.15) is 6.17 Å². The van der Waals surface area contributed by atoms with Gasteiger partial charge < -0.3 is 0 Å². The van der Waals surface area contributed by atoms with Crippen molar-refractivity contribution in [3.63, 3.8) is 0 Å². The van der Waals surface area contributed by atoms with Gasteiger partial charge in [0.2, 0.25) is 0 Å². The Morgan fingerprint density at radius 3 is 2.33 bits per heavy atom. The van der Waals surface area contributed by atoms with E-state index in [4.69, 9.17) is 5.10 Å². The molecular weight excluding hydrogens is 330 g/mol. The topological polar surface area (TPSA) is 18.8 Å². The number of para-hydroxylation sites is 2. The van der Waals surface area contributed by atoms with Gasteiger partial charge in [-0.15, -0.1) is 0 Å². The smallest absolute Gasteiger partial charge is 0.163 e. The van der Waals surface area contributed by atoms with Crippen LogP contribution in [0.3, 0.4) is 0 Å². The zero-order chi connectivity index (χ0) is 18.3. The highest BCUT2D eigenvalue weighted by Gasteiger charge is 2.55. The second-order valence-corrected chi connectivity index (χ2v) is 8.27. The van der Waals surface area contributed by atoms with Crippen LogP contribution in [0.1, 0.15) is 30.5 Å². The SMILES string of the molecule is Cc1ccccc1N1N=C2c3ccccc3-c3cccc4c3N2C1C4(C)C. The molecule has 3 aliphatic rings. The van der Waals surface area contributed by atoms with Crippen LogP contribution in [0.15, 0.2) is 71.8 Å². The van der Waals surface area contributed by atoms with Gasteiger partial charge in [0, 0.05) is 16.5 Å². The Kier molecular flexibility index (Phi) is 2.67. The predicted octanol–water partition coefficient (Wildman–Crippen LogP) is 5.28. The van der Waals surface area contributed by atoms with Crippen LogP contribution in [-0.2, 0) is 5.41 Å². The molecule has 1 atom stereocenters. The van der Waals surface area contributed by atoms with E-state index >= 15 is 0 Å². The summed E-state index contributed by atoms with van der Waals surface area (Å²) in [6.07, 6.45) is 0.151. The van der Waals surface area contributed by atoms with Crippen molar-refractivity contribution in [2.24, 2.45) is 5.10 Å².